The maximum absolute atomic E-state index is 11.3. The van der Waals surface area contributed by atoms with Crippen LogP contribution < -0.4 is 5.32 Å². The van der Waals surface area contributed by atoms with Crippen LogP contribution in [0.4, 0.5) is 0 Å². The summed E-state index contributed by atoms with van der Waals surface area (Å²) in [5, 5.41) is 2.68. The van der Waals surface area contributed by atoms with E-state index in [1.54, 1.807) is 7.05 Å². The van der Waals surface area contributed by atoms with Gasteiger partial charge in [-0.1, -0.05) is 6.92 Å². The summed E-state index contributed by atoms with van der Waals surface area (Å²) >= 11 is 0. The van der Waals surface area contributed by atoms with Crippen molar-refractivity contribution in [2.75, 3.05) is 13.7 Å². The lowest BCUT2D eigenvalue weighted by Crippen LogP contribution is -2.39. The Hall–Kier alpha value is -0.570. The Balaban J connectivity index is 2.52. The predicted molar refractivity (Wildman–Crippen MR) is 46.8 cm³/mol. The summed E-state index contributed by atoms with van der Waals surface area (Å²) in [7, 11) is 1.68. The first kappa shape index (κ1) is 9.52. The first-order valence-electron chi connectivity index (χ1n) is 4.62. The number of hydrogen-bond acceptors (Lipinski definition) is 2. The van der Waals surface area contributed by atoms with E-state index in [2.05, 4.69) is 12.2 Å². The molecule has 0 bridgehead atoms. The monoisotopic (exact) mass is 171 g/mol. The molecule has 1 heterocycles. The Morgan fingerprint density at radius 3 is 3.00 bits per heavy atom. The molecule has 0 spiro atoms. The summed E-state index contributed by atoms with van der Waals surface area (Å²) < 4.78 is 5.50. The van der Waals surface area contributed by atoms with E-state index < -0.39 is 0 Å². The van der Waals surface area contributed by atoms with E-state index in [0.717, 1.165) is 25.9 Å². The van der Waals surface area contributed by atoms with Crippen molar-refractivity contribution in [1.82, 2.24) is 5.32 Å². The van der Waals surface area contributed by atoms with Crippen LogP contribution in [-0.4, -0.2) is 25.7 Å². The molecule has 1 saturated heterocycles. The van der Waals surface area contributed by atoms with Crippen LogP contribution in [0.2, 0.25) is 0 Å². The third kappa shape index (κ3) is 1.97. The molecule has 0 aromatic carbocycles. The maximum atomic E-state index is 11.3. The Morgan fingerprint density at radius 2 is 2.42 bits per heavy atom. The summed E-state index contributed by atoms with van der Waals surface area (Å²) in [6.45, 7) is 2.87. The van der Waals surface area contributed by atoms with Gasteiger partial charge in [-0.2, -0.15) is 0 Å². The second kappa shape index (κ2) is 4.45. The molecular formula is C9H17NO2. The Labute approximate surface area is 73.5 Å². The molecule has 3 nitrogen and oxygen atoms in total. The van der Waals surface area contributed by atoms with Gasteiger partial charge in [-0.3, -0.25) is 4.79 Å². The molecule has 0 radical (unpaired) electrons. The zero-order valence-electron chi connectivity index (χ0n) is 7.80. The third-order valence-corrected chi connectivity index (χ3v) is 2.43. The van der Waals surface area contributed by atoms with Crippen LogP contribution in [0.1, 0.15) is 26.2 Å². The molecule has 1 fully saturated rings. The van der Waals surface area contributed by atoms with E-state index in [1.807, 2.05) is 0 Å². The van der Waals surface area contributed by atoms with Gasteiger partial charge in [-0.25, -0.2) is 0 Å². The molecule has 0 aromatic heterocycles. The van der Waals surface area contributed by atoms with Gasteiger partial charge in [0.2, 0.25) is 5.91 Å². The van der Waals surface area contributed by atoms with E-state index >= 15 is 0 Å². The highest BCUT2D eigenvalue weighted by molar-refractivity contribution is 5.78. The number of amides is 1. The van der Waals surface area contributed by atoms with Crippen LogP contribution in [-0.2, 0) is 9.53 Å². The molecular weight excluding hydrogens is 154 g/mol. The molecule has 70 valence electrons. The fourth-order valence-corrected chi connectivity index (χ4v) is 1.73. The lowest BCUT2D eigenvalue weighted by Gasteiger charge is -2.29. The lowest BCUT2D eigenvalue weighted by molar-refractivity contribution is -0.133. The fraction of sp³-hybridized carbons (Fsp3) is 0.889. The van der Waals surface area contributed by atoms with E-state index in [9.17, 15) is 4.79 Å². The van der Waals surface area contributed by atoms with Crippen LogP contribution in [0.25, 0.3) is 0 Å². The van der Waals surface area contributed by atoms with Crippen molar-refractivity contribution < 1.29 is 9.53 Å². The average molecular weight is 171 g/mol. The summed E-state index contributed by atoms with van der Waals surface area (Å²) in [4.78, 5) is 11.3. The highest BCUT2D eigenvalue weighted by Crippen LogP contribution is 2.22. The minimum atomic E-state index is 0.0775. The zero-order valence-corrected chi connectivity index (χ0v) is 7.80. The number of hydrogen-bond donors (Lipinski definition) is 1. The van der Waals surface area contributed by atoms with Crippen molar-refractivity contribution in [2.45, 2.75) is 32.3 Å². The normalized spacial score (nSPS) is 29.8. The van der Waals surface area contributed by atoms with Gasteiger partial charge in [-0.05, 0) is 19.3 Å². The van der Waals surface area contributed by atoms with Gasteiger partial charge in [-0.15, -0.1) is 0 Å². The summed E-state index contributed by atoms with van der Waals surface area (Å²) in [6, 6.07) is 0. The number of carbonyl (C=O) groups is 1. The van der Waals surface area contributed by atoms with Crippen LogP contribution in [0, 0.1) is 5.92 Å². The summed E-state index contributed by atoms with van der Waals surface area (Å²) in [6.07, 6.45) is 3.05. The smallest absolute Gasteiger partial charge is 0.225 e. The van der Waals surface area contributed by atoms with Gasteiger partial charge in [0.05, 0.1) is 12.0 Å². The number of ether oxygens (including phenoxy) is 1. The molecule has 12 heavy (non-hydrogen) atoms. The molecule has 1 N–H and O–H groups in total. The Bertz CT molecular complexity index is 159. The van der Waals surface area contributed by atoms with Crippen LogP contribution in [0.3, 0.4) is 0 Å². The minimum Gasteiger partial charge on any atom is -0.377 e. The summed E-state index contributed by atoms with van der Waals surface area (Å²) in [5.74, 6) is 0.204. The van der Waals surface area contributed by atoms with Crippen molar-refractivity contribution in [3.63, 3.8) is 0 Å². The lowest BCUT2D eigenvalue weighted by atomic mass is 9.92. The SMILES string of the molecule is CCC1OCCCC1C(=O)NC. The standard InChI is InChI=1S/C9H17NO2/c1-3-8-7(9(11)10-2)5-4-6-12-8/h7-8H,3-6H2,1-2H3,(H,10,11). The molecule has 3 heteroatoms. The Morgan fingerprint density at radius 1 is 1.67 bits per heavy atom. The number of nitrogens with one attached hydrogen (secondary N) is 1. The molecule has 0 aromatic rings. The van der Waals surface area contributed by atoms with Crippen LogP contribution in [0.15, 0.2) is 0 Å². The molecule has 1 amide bonds. The zero-order chi connectivity index (χ0) is 8.97. The van der Waals surface area contributed by atoms with E-state index in [1.165, 1.54) is 0 Å². The highest BCUT2D eigenvalue weighted by atomic mass is 16.5. The molecule has 2 unspecified atom stereocenters. The van der Waals surface area contributed by atoms with Crippen molar-refractivity contribution in [1.29, 1.82) is 0 Å². The molecule has 2 atom stereocenters. The second-order valence-electron chi connectivity index (χ2n) is 3.18. The number of carbonyl (C=O) groups excluding carboxylic acids is 1. The first-order valence-corrected chi connectivity index (χ1v) is 4.62. The molecule has 1 rings (SSSR count). The van der Waals surface area contributed by atoms with Gasteiger partial charge >= 0.3 is 0 Å². The molecule has 1 aliphatic heterocycles. The topological polar surface area (TPSA) is 38.3 Å². The van der Waals surface area contributed by atoms with Crippen molar-refractivity contribution in [2.24, 2.45) is 5.92 Å². The third-order valence-electron chi connectivity index (χ3n) is 2.43. The van der Waals surface area contributed by atoms with Crippen LogP contribution in [0.5, 0.6) is 0 Å². The summed E-state index contributed by atoms with van der Waals surface area (Å²) in [5.41, 5.74) is 0. The average Bonchev–Trinajstić information content (AvgIpc) is 2.16. The molecule has 0 saturated carbocycles. The quantitative estimate of drug-likeness (QED) is 0.671. The van der Waals surface area contributed by atoms with Crippen molar-refractivity contribution in [3.8, 4) is 0 Å². The predicted octanol–water partition coefficient (Wildman–Crippen LogP) is 0.938. The number of rotatable bonds is 2. The van der Waals surface area contributed by atoms with E-state index in [-0.39, 0.29) is 17.9 Å². The van der Waals surface area contributed by atoms with Gasteiger partial charge in [0, 0.05) is 13.7 Å². The van der Waals surface area contributed by atoms with E-state index in [0.29, 0.717) is 0 Å². The first-order chi connectivity index (χ1) is 5.79. The minimum absolute atomic E-state index is 0.0775. The Kier molecular flexibility index (Phi) is 3.53. The molecule has 1 aliphatic rings. The van der Waals surface area contributed by atoms with E-state index in [4.69, 9.17) is 4.74 Å². The van der Waals surface area contributed by atoms with Gasteiger partial charge in [0.1, 0.15) is 0 Å². The second-order valence-corrected chi connectivity index (χ2v) is 3.18. The van der Waals surface area contributed by atoms with Crippen molar-refractivity contribution >= 4 is 5.91 Å². The van der Waals surface area contributed by atoms with Crippen LogP contribution >= 0.6 is 0 Å². The van der Waals surface area contributed by atoms with Gasteiger partial charge in [0.15, 0.2) is 0 Å². The largest absolute Gasteiger partial charge is 0.377 e. The van der Waals surface area contributed by atoms with Gasteiger partial charge < -0.3 is 10.1 Å². The maximum Gasteiger partial charge on any atom is 0.225 e. The van der Waals surface area contributed by atoms with Crippen molar-refractivity contribution in [3.05, 3.63) is 0 Å². The molecule has 0 aliphatic carbocycles. The fourth-order valence-electron chi connectivity index (χ4n) is 1.73. The highest BCUT2D eigenvalue weighted by Gasteiger charge is 2.29. The van der Waals surface area contributed by atoms with Gasteiger partial charge in [0.25, 0.3) is 0 Å².